The van der Waals surface area contributed by atoms with Crippen molar-refractivity contribution in [3.63, 3.8) is 0 Å². The molecule has 0 fully saturated rings. The Labute approximate surface area is 159 Å². The van der Waals surface area contributed by atoms with Gasteiger partial charge >= 0.3 is 0 Å². The molecule has 0 saturated heterocycles. The highest BCUT2D eigenvalue weighted by Crippen LogP contribution is 2.37. The first-order valence-corrected chi connectivity index (χ1v) is 9.20. The van der Waals surface area contributed by atoms with Crippen LogP contribution in [0.15, 0.2) is 83.6 Å². The number of allylic oxidation sites excluding steroid dienone is 1. The maximum Gasteiger partial charge on any atom is 0.209 e. The van der Waals surface area contributed by atoms with Gasteiger partial charge in [0, 0.05) is 28.1 Å². The number of nitrogens with one attached hydrogen (secondary N) is 1. The van der Waals surface area contributed by atoms with Gasteiger partial charge in [0.15, 0.2) is 0 Å². The lowest BCUT2D eigenvalue weighted by Gasteiger charge is -2.26. The Hall–Kier alpha value is -2.92. The number of para-hydroxylation sites is 2. The third kappa shape index (κ3) is 2.52. The van der Waals surface area contributed by atoms with Gasteiger partial charge in [-0.25, -0.2) is 4.98 Å². The smallest absolute Gasteiger partial charge is 0.209 e. The lowest BCUT2D eigenvalue weighted by atomic mass is 10.0. The number of pyridine rings is 1. The highest BCUT2D eigenvalue weighted by atomic mass is 79.9. The molecule has 1 unspecified atom stereocenters. The highest BCUT2D eigenvalue weighted by molar-refractivity contribution is 9.10. The van der Waals surface area contributed by atoms with E-state index in [9.17, 15) is 0 Å². The van der Waals surface area contributed by atoms with Gasteiger partial charge in [-0.3, -0.25) is 9.55 Å². The average Bonchev–Trinajstić information content (AvgIpc) is 3.06. The van der Waals surface area contributed by atoms with Crippen LogP contribution in [-0.2, 0) is 0 Å². The first-order valence-electron chi connectivity index (χ1n) is 8.41. The summed E-state index contributed by atoms with van der Waals surface area (Å²) in [5.41, 5.74) is 5.36. The zero-order valence-corrected chi connectivity index (χ0v) is 15.4. The summed E-state index contributed by atoms with van der Waals surface area (Å²) in [7, 11) is 0. The Kier molecular flexibility index (Phi) is 3.60. The van der Waals surface area contributed by atoms with E-state index in [2.05, 4.69) is 73.3 Å². The van der Waals surface area contributed by atoms with Crippen molar-refractivity contribution >= 4 is 38.6 Å². The van der Waals surface area contributed by atoms with Crippen molar-refractivity contribution in [3.8, 4) is 0 Å². The van der Waals surface area contributed by atoms with Crippen molar-refractivity contribution in [3.05, 3.63) is 94.7 Å². The van der Waals surface area contributed by atoms with Crippen LogP contribution in [0.3, 0.4) is 0 Å². The fourth-order valence-electron chi connectivity index (χ4n) is 3.44. The molecule has 126 valence electrons. The average molecular weight is 403 g/mol. The van der Waals surface area contributed by atoms with Crippen LogP contribution in [-0.4, -0.2) is 14.5 Å². The molecule has 2 aromatic heterocycles. The van der Waals surface area contributed by atoms with E-state index in [0.717, 1.165) is 32.7 Å². The van der Waals surface area contributed by atoms with Crippen LogP contribution in [0.1, 0.15) is 17.2 Å². The van der Waals surface area contributed by atoms with E-state index < -0.39 is 0 Å². The highest BCUT2D eigenvalue weighted by Gasteiger charge is 2.25. The third-order valence-corrected chi connectivity index (χ3v) is 5.10. The van der Waals surface area contributed by atoms with E-state index in [-0.39, 0.29) is 6.04 Å². The number of hydrogen-bond donors (Lipinski definition) is 1. The van der Waals surface area contributed by atoms with Crippen molar-refractivity contribution in [1.29, 1.82) is 0 Å². The molecule has 4 nitrogen and oxygen atoms in total. The summed E-state index contributed by atoms with van der Waals surface area (Å²) < 4.78 is 3.31. The van der Waals surface area contributed by atoms with Crippen molar-refractivity contribution in [2.45, 2.75) is 6.04 Å². The molecule has 1 aliphatic rings. The van der Waals surface area contributed by atoms with Gasteiger partial charge in [-0.05, 0) is 48.0 Å². The molecule has 5 rings (SSSR count). The summed E-state index contributed by atoms with van der Waals surface area (Å²) in [4.78, 5) is 9.06. The molecular formula is C21H15BrN4. The van der Waals surface area contributed by atoms with Crippen LogP contribution in [0.2, 0.25) is 0 Å². The number of fused-ring (bicyclic) bond motifs is 3. The Morgan fingerprint density at radius 1 is 1.00 bits per heavy atom. The Morgan fingerprint density at radius 2 is 1.92 bits per heavy atom. The number of halogens is 1. The Balaban J connectivity index is 1.74. The topological polar surface area (TPSA) is 42.7 Å². The van der Waals surface area contributed by atoms with Gasteiger partial charge in [-0.15, -0.1) is 0 Å². The molecule has 5 heteroatoms. The lowest BCUT2D eigenvalue weighted by Crippen LogP contribution is -2.19. The van der Waals surface area contributed by atoms with Crippen molar-refractivity contribution < 1.29 is 0 Å². The standard InChI is InChI=1S/C21H15BrN4/c22-16-7-3-5-14(11-16)20-12-18(15-6-4-10-23-13-15)25-21-24-17-8-1-2-9-19(17)26(20)21/h1-13,20H,(H,24,25). The molecule has 26 heavy (non-hydrogen) atoms. The minimum atomic E-state index is 0.0476. The van der Waals surface area contributed by atoms with Crippen molar-refractivity contribution in [2.75, 3.05) is 5.32 Å². The normalized spacial score (nSPS) is 16.0. The summed E-state index contributed by atoms with van der Waals surface area (Å²) in [6.45, 7) is 0. The second-order valence-corrected chi connectivity index (χ2v) is 7.16. The van der Waals surface area contributed by atoms with Gasteiger partial charge in [0.05, 0.1) is 17.1 Å². The Morgan fingerprint density at radius 3 is 2.77 bits per heavy atom. The zero-order valence-electron chi connectivity index (χ0n) is 13.8. The number of aromatic nitrogens is 3. The summed E-state index contributed by atoms with van der Waals surface area (Å²) >= 11 is 3.60. The minimum absolute atomic E-state index is 0.0476. The summed E-state index contributed by atoms with van der Waals surface area (Å²) in [5, 5.41) is 3.48. The van der Waals surface area contributed by atoms with Crippen LogP contribution in [0.4, 0.5) is 5.95 Å². The summed E-state index contributed by atoms with van der Waals surface area (Å²) in [5.74, 6) is 0.845. The quantitative estimate of drug-likeness (QED) is 0.497. The number of benzene rings is 2. The molecule has 0 radical (unpaired) electrons. The number of anilines is 1. The van der Waals surface area contributed by atoms with E-state index >= 15 is 0 Å². The van der Waals surface area contributed by atoms with Gasteiger partial charge in [-0.2, -0.15) is 0 Å². The van der Waals surface area contributed by atoms with E-state index in [0.29, 0.717) is 0 Å². The second kappa shape index (κ2) is 6.11. The van der Waals surface area contributed by atoms with Crippen LogP contribution in [0.25, 0.3) is 16.7 Å². The Bertz CT molecular complexity index is 1130. The van der Waals surface area contributed by atoms with Crippen LogP contribution >= 0.6 is 15.9 Å². The maximum atomic E-state index is 4.81. The molecule has 1 atom stereocenters. The van der Waals surface area contributed by atoms with E-state index in [1.165, 1.54) is 5.56 Å². The van der Waals surface area contributed by atoms with Crippen LogP contribution in [0.5, 0.6) is 0 Å². The van der Waals surface area contributed by atoms with E-state index in [1.54, 1.807) is 6.20 Å². The fraction of sp³-hybridized carbons (Fsp3) is 0.0476. The van der Waals surface area contributed by atoms with Gasteiger partial charge in [0.2, 0.25) is 5.95 Å². The van der Waals surface area contributed by atoms with Gasteiger partial charge in [0.25, 0.3) is 0 Å². The fourth-order valence-corrected chi connectivity index (χ4v) is 3.85. The van der Waals surface area contributed by atoms with Gasteiger partial charge in [-0.1, -0.05) is 40.2 Å². The summed E-state index contributed by atoms with van der Waals surface area (Å²) in [6, 6.07) is 20.7. The molecule has 2 aromatic carbocycles. The number of imidazole rings is 1. The molecule has 0 aliphatic carbocycles. The molecule has 1 N–H and O–H groups in total. The van der Waals surface area contributed by atoms with Crippen LogP contribution < -0.4 is 5.32 Å². The largest absolute Gasteiger partial charge is 0.325 e. The molecule has 0 bridgehead atoms. The number of hydrogen-bond acceptors (Lipinski definition) is 3. The first kappa shape index (κ1) is 15.3. The molecule has 4 aromatic rings. The number of nitrogens with zero attached hydrogens (tertiary/aromatic N) is 3. The molecular weight excluding hydrogens is 388 g/mol. The lowest BCUT2D eigenvalue weighted by molar-refractivity contribution is 0.720. The predicted molar refractivity (Wildman–Crippen MR) is 108 cm³/mol. The van der Waals surface area contributed by atoms with E-state index in [4.69, 9.17) is 4.98 Å². The van der Waals surface area contributed by atoms with Gasteiger partial charge in [0.1, 0.15) is 0 Å². The third-order valence-electron chi connectivity index (χ3n) is 4.61. The van der Waals surface area contributed by atoms with Crippen molar-refractivity contribution in [2.24, 2.45) is 0 Å². The molecule has 0 amide bonds. The van der Waals surface area contributed by atoms with Crippen LogP contribution in [0, 0.1) is 0 Å². The molecule has 0 spiro atoms. The maximum absolute atomic E-state index is 4.81. The monoisotopic (exact) mass is 402 g/mol. The molecule has 1 aliphatic heterocycles. The summed E-state index contributed by atoms with van der Waals surface area (Å²) in [6.07, 6.45) is 5.89. The zero-order chi connectivity index (χ0) is 17.5. The van der Waals surface area contributed by atoms with E-state index in [1.807, 2.05) is 30.5 Å². The SMILES string of the molecule is Brc1cccc(C2C=C(c3cccnc3)Nc3nc4ccccc4n32)c1. The first-order chi connectivity index (χ1) is 12.8. The second-order valence-electron chi connectivity index (χ2n) is 6.24. The van der Waals surface area contributed by atoms with Gasteiger partial charge < -0.3 is 5.32 Å². The van der Waals surface area contributed by atoms with Crippen molar-refractivity contribution in [1.82, 2.24) is 14.5 Å². The minimum Gasteiger partial charge on any atom is -0.325 e. The number of rotatable bonds is 2. The molecule has 3 heterocycles. The predicted octanol–water partition coefficient (Wildman–Crippen LogP) is 5.25. The molecule has 0 saturated carbocycles.